The van der Waals surface area contributed by atoms with Crippen LogP contribution in [0.5, 0.6) is 0 Å². The molecule has 0 aromatic carbocycles. The summed E-state index contributed by atoms with van der Waals surface area (Å²) in [5.41, 5.74) is 0.849. The molecule has 124 valence electrons. The molecule has 2 aliphatic rings. The van der Waals surface area contributed by atoms with Gasteiger partial charge in [0.2, 0.25) is 11.3 Å². The molecule has 0 saturated carbocycles. The van der Waals surface area contributed by atoms with Gasteiger partial charge in [-0.25, -0.2) is 14.6 Å². The summed E-state index contributed by atoms with van der Waals surface area (Å²) in [4.78, 5) is 11.3. The molecule has 0 amide bonds. The van der Waals surface area contributed by atoms with Gasteiger partial charge in [0.1, 0.15) is 0 Å². The quantitative estimate of drug-likeness (QED) is 0.878. The fourth-order valence-electron chi connectivity index (χ4n) is 2.94. The highest BCUT2D eigenvalue weighted by Crippen LogP contribution is 2.26. The van der Waals surface area contributed by atoms with Crippen LogP contribution in [0.3, 0.4) is 0 Å². The van der Waals surface area contributed by atoms with Gasteiger partial charge in [-0.1, -0.05) is 0 Å². The average Bonchev–Trinajstić information content (AvgIpc) is 3.08. The van der Waals surface area contributed by atoms with Crippen LogP contribution in [0.2, 0.25) is 0 Å². The molecule has 2 saturated heterocycles. The zero-order valence-corrected chi connectivity index (χ0v) is 12.9. The number of hydrogen-bond acceptors (Lipinski definition) is 9. The van der Waals surface area contributed by atoms with Crippen LogP contribution in [-0.2, 0) is 9.47 Å². The van der Waals surface area contributed by atoms with Gasteiger partial charge in [-0.05, 0) is 29.6 Å². The molecule has 2 aromatic rings. The molecular formula is C14H20N6O3. The number of nitrogens with zero attached hydrogens (tertiary/aromatic N) is 5. The van der Waals surface area contributed by atoms with Crippen molar-refractivity contribution in [2.24, 2.45) is 0 Å². The maximum atomic E-state index is 5.66. The first kappa shape index (κ1) is 14.6. The van der Waals surface area contributed by atoms with Crippen molar-refractivity contribution in [3.63, 3.8) is 0 Å². The van der Waals surface area contributed by atoms with E-state index in [1.165, 1.54) is 6.42 Å². The van der Waals surface area contributed by atoms with Gasteiger partial charge >= 0.3 is 0 Å². The molecule has 0 radical (unpaired) electrons. The Bertz CT molecular complexity index is 651. The van der Waals surface area contributed by atoms with Gasteiger partial charge < -0.3 is 19.7 Å². The van der Waals surface area contributed by atoms with E-state index in [9.17, 15) is 0 Å². The summed E-state index contributed by atoms with van der Waals surface area (Å²) in [6.45, 7) is 4.45. The molecule has 1 N–H and O–H groups in total. The van der Waals surface area contributed by atoms with Crippen LogP contribution < -0.4 is 10.2 Å². The van der Waals surface area contributed by atoms with Crippen molar-refractivity contribution in [3.05, 3.63) is 0 Å². The number of aromatic nitrogens is 4. The van der Waals surface area contributed by atoms with Gasteiger partial charge in [-0.2, -0.15) is 0 Å². The minimum absolute atomic E-state index is 0.0193. The Morgan fingerprint density at radius 3 is 2.65 bits per heavy atom. The van der Waals surface area contributed by atoms with Gasteiger partial charge in [0.15, 0.2) is 11.6 Å². The smallest absolute Gasteiger partial charge is 0.245 e. The van der Waals surface area contributed by atoms with E-state index in [-0.39, 0.29) is 6.10 Å². The third-order valence-electron chi connectivity index (χ3n) is 4.13. The number of nitrogens with one attached hydrogen (secondary N) is 1. The van der Waals surface area contributed by atoms with Gasteiger partial charge in [-0.15, -0.1) is 0 Å². The largest absolute Gasteiger partial charge is 0.376 e. The first-order chi connectivity index (χ1) is 11.4. The van der Waals surface area contributed by atoms with Crippen molar-refractivity contribution >= 4 is 22.9 Å². The Balaban J connectivity index is 1.57. The van der Waals surface area contributed by atoms with Crippen molar-refractivity contribution < 1.29 is 14.1 Å². The number of anilines is 2. The Hall–Kier alpha value is -2.00. The molecule has 9 nitrogen and oxygen atoms in total. The third-order valence-corrected chi connectivity index (χ3v) is 4.13. The lowest BCUT2D eigenvalue weighted by Crippen LogP contribution is -2.35. The van der Waals surface area contributed by atoms with Crippen LogP contribution in [-0.4, -0.2) is 65.8 Å². The van der Waals surface area contributed by atoms with Gasteiger partial charge in [0, 0.05) is 19.6 Å². The van der Waals surface area contributed by atoms with Crippen molar-refractivity contribution in [3.8, 4) is 0 Å². The summed E-state index contributed by atoms with van der Waals surface area (Å²) in [5, 5.41) is 10.9. The summed E-state index contributed by atoms with van der Waals surface area (Å²) < 4.78 is 15.8. The molecule has 4 heterocycles. The molecule has 4 rings (SSSR count). The third kappa shape index (κ3) is 3.20. The predicted molar refractivity (Wildman–Crippen MR) is 82.5 cm³/mol. The lowest BCUT2D eigenvalue weighted by Gasteiger charge is -2.29. The number of fused-ring (bicyclic) bond motifs is 1. The molecule has 1 unspecified atom stereocenters. The Morgan fingerprint density at radius 2 is 1.87 bits per heavy atom. The first-order valence-corrected chi connectivity index (χ1v) is 8.08. The second-order valence-corrected chi connectivity index (χ2v) is 5.80. The topological polar surface area (TPSA) is 98.4 Å². The Morgan fingerprint density at radius 1 is 1.04 bits per heavy atom. The number of ether oxygens (including phenoxy) is 2. The predicted octanol–water partition coefficient (Wildman–Crippen LogP) is 0.830. The van der Waals surface area contributed by atoms with E-state index in [2.05, 4.69) is 30.5 Å². The van der Waals surface area contributed by atoms with E-state index in [0.717, 1.165) is 31.7 Å². The highest BCUT2D eigenvalue weighted by atomic mass is 16.6. The summed E-state index contributed by atoms with van der Waals surface area (Å²) in [7, 11) is 0. The van der Waals surface area contributed by atoms with Crippen molar-refractivity contribution in [1.82, 2.24) is 20.3 Å². The molecule has 2 aliphatic heterocycles. The zero-order chi connectivity index (χ0) is 15.5. The van der Waals surface area contributed by atoms with Crippen LogP contribution in [0.4, 0.5) is 11.6 Å². The van der Waals surface area contributed by atoms with Crippen LogP contribution in [0, 0.1) is 0 Å². The standard InChI is InChI=1S/C14H20N6O3/c1-2-4-20(5-3-1)14-13(15-8-10-9-21-6-7-22-10)16-11-12(17-14)19-23-18-11/h10H,1-9H2,(H,15,16,18). The van der Waals surface area contributed by atoms with Crippen molar-refractivity contribution in [1.29, 1.82) is 0 Å². The van der Waals surface area contributed by atoms with Gasteiger partial charge in [0.25, 0.3) is 0 Å². The first-order valence-electron chi connectivity index (χ1n) is 8.08. The van der Waals surface area contributed by atoms with Crippen LogP contribution in [0.1, 0.15) is 19.3 Å². The molecular weight excluding hydrogens is 300 g/mol. The normalized spacial score (nSPS) is 22.4. The summed E-state index contributed by atoms with van der Waals surface area (Å²) in [6, 6.07) is 0. The zero-order valence-electron chi connectivity index (χ0n) is 12.9. The maximum Gasteiger partial charge on any atom is 0.245 e. The van der Waals surface area contributed by atoms with E-state index in [0.29, 0.717) is 43.5 Å². The van der Waals surface area contributed by atoms with Crippen molar-refractivity contribution in [2.75, 3.05) is 49.7 Å². The van der Waals surface area contributed by atoms with E-state index in [4.69, 9.17) is 14.1 Å². The minimum Gasteiger partial charge on any atom is -0.376 e. The Kier molecular flexibility index (Phi) is 4.20. The molecule has 2 fully saturated rings. The fourth-order valence-corrected chi connectivity index (χ4v) is 2.94. The summed E-state index contributed by atoms with van der Waals surface area (Å²) >= 11 is 0. The van der Waals surface area contributed by atoms with Crippen molar-refractivity contribution in [2.45, 2.75) is 25.4 Å². The van der Waals surface area contributed by atoms with Crippen LogP contribution in [0.15, 0.2) is 4.63 Å². The lowest BCUT2D eigenvalue weighted by molar-refractivity contribution is -0.0819. The second-order valence-electron chi connectivity index (χ2n) is 5.80. The monoisotopic (exact) mass is 320 g/mol. The minimum atomic E-state index is 0.0193. The number of hydrogen-bond donors (Lipinski definition) is 1. The maximum absolute atomic E-state index is 5.66. The van der Waals surface area contributed by atoms with Gasteiger partial charge in [-0.3, -0.25) is 0 Å². The highest BCUT2D eigenvalue weighted by Gasteiger charge is 2.21. The molecule has 0 aliphatic carbocycles. The highest BCUT2D eigenvalue weighted by molar-refractivity contribution is 5.74. The van der Waals surface area contributed by atoms with E-state index >= 15 is 0 Å². The summed E-state index contributed by atoms with van der Waals surface area (Å²) in [5.74, 6) is 1.51. The lowest BCUT2D eigenvalue weighted by atomic mass is 10.1. The fraction of sp³-hybridized carbons (Fsp3) is 0.714. The second kappa shape index (κ2) is 6.63. The van der Waals surface area contributed by atoms with Crippen LogP contribution in [0.25, 0.3) is 11.3 Å². The molecule has 0 spiro atoms. The molecule has 2 aromatic heterocycles. The molecule has 0 bridgehead atoms. The van der Waals surface area contributed by atoms with E-state index in [1.807, 2.05) is 0 Å². The average molecular weight is 320 g/mol. The Labute approximate surface area is 133 Å². The number of piperidine rings is 1. The summed E-state index contributed by atoms with van der Waals surface area (Å²) in [6.07, 6.45) is 3.60. The molecule has 1 atom stereocenters. The van der Waals surface area contributed by atoms with E-state index in [1.54, 1.807) is 0 Å². The SMILES string of the molecule is C1CCN(c2nc3nonc3nc2NCC2COCCO2)CC1. The number of rotatable bonds is 4. The van der Waals surface area contributed by atoms with Gasteiger partial charge in [0.05, 0.1) is 25.9 Å². The van der Waals surface area contributed by atoms with E-state index < -0.39 is 0 Å². The molecule has 9 heteroatoms. The molecule has 23 heavy (non-hydrogen) atoms. The van der Waals surface area contributed by atoms with Crippen LogP contribution >= 0.6 is 0 Å².